The van der Waals surface area contributed by atoms with Gasteiger partial charge in [-0.05, 0) is 12.1 Å². The van der Waals surface area contributed by atoms with Crippen molar-refractivity contribution in [2.45, 2.75) is 26.3 Å². The fourth-order valence-electron chi connectivity index (χ4n) is 2.63. The molecule has 0 atom stereocenters. The minimum atomic E-state index is -0.377. The molecule has 3 rings (SSSR count). The topological polar surface area (TPSA) is 66.1 Å². The maximum Gasteiger partial charge on any atom is 0.256 e. The van der Waals surface area contributed by atoms with E-state index in [0.717, 1.165) is 0 Å². The molecule has 0 radical (unpaired) electrons. The van der Waals surface area contributed by atoms with Gasteiger partial charge in [0.25, 0.3) is 5.56 Å². The summed E-state index contributed by atoms with van der Waals surface area (Å²) >= 11 is 0. The molecule has 1 aromatic carbocycles. The van der Waals surface area contributed by atoms with Crippen LogP contribution in [0.1, 0.15) is 24.6 Å². The van der Waals surface area contributed by atoms with Crippen molar-refractivity contribution in [2.75, 3.05) is 6.54 Å². The number of aromatic amines is 1. The second-order valence-electron chi connectivity index (χ2n) is 5.27. The van der Waals surface area contributed by atoms with Gasteiger partial charge < -0.3 is 9.88 Å². The van der Waals surface area contributed by atoms with Crippen LogP contribution in [0.25, 0.3) is 11.4 Å². The molecule has 1 aliphatic heterocycles. The van der Waals surface area contributed by atoms with Gasteiger partial charge in [-0.25, -0.2) is 9.37 Å². The summed E-state index contributed by atoms with van der Waals surface area (Å²) in [6.45, 7) is 2.64. The van der Waals surface area contributed by atoms with E-state index < -0.39 is 0 Å². The van der Waals surface area contributed by atoms with E-state index in [2.05, 4.69) is 9.97 Å². The Labute approximate surface area is 126 Å². The van der Waals surface area contributed by atoms with Crippen molar-refractivity contribution in [2.24, 2.45) is 0 Å². The number of carbonyl (C=O) groups excluding carboxylic acids is 1. The number of hydrogen-bond acceptors (Lipinski definition) is 3. The van der Waals surface area contributed by atoms with Gasteiger partial charge in [-0.3, -0.25) is 9.59 Å². The largest absolute Gasteiger partial charge is 0.338 e. The molecule has 0 saturated heterocycles. The van der Waals surface area contributed by atoms with Gasteiger partial charge in [0.15, 0.2) is 0 Å². The molecule has 0 aliphatic carbocycles. The smallest absolute Gasteiger partial charge is 0.256 e. The third kappa shape index (κ3) is 2.64. The number of H-pyrrole nitrogens is 1. The average molecular weight is 301 g/mol. The summed E-state index contributed by atoms with van der Waals surface area (Å²) in [4.78, 5) is 32.8. The van der Waals surface area contributed by atoms with Crippen LogP contribution in [-0.2, 0) is 17.8 Å². The average Bonchev–Trinajstić information content (AvgIpc) is 2.53. The van der Waals surface area contributed by atoms with Crippen molar-refractivity contribution >= 4 is 5.91 Å². The van der Waals surface area contributed by atoms with Gasteiger partial charge in [0.1, 0.15) is 11.6 Å². The Morgan fingerprint density at radius 1 is 1.45 bits per heavy atom. The predicted octanol–water partition coefficient (Wildman–Crippen LogP) is 1.87. The normalized spacial score (nSPS) is 13.8. The van der Waals surface area contributed by atoms with Crippen LogP contribution in [0, 0.1) is 5.82 Å². The van der Waals surface area contributed by atoms with Crippen LogP contribution in [0.15, 0.2) is 29.1 Å². The number of nitrogens with zero attached hydrogens (tertiary/aromatic N) is 2. The maximum absolute atomic E-state index is 13.3. The van der Waals surface area contributed by atoms with Gasteiger partial charge in [0, 0.05) is 24.9 Å². The van der Waals surface area contributed by atoms with Crippen molar-refractivity contribution in [3.05, 3.63) is 51.7 Å². The van der Waals surface area contributed by atoms with Gasteiger partial charge in [-0.1, -0.05) is 19.1 Å². The minimum absolute atomic E-state index is 0.0271. The van der Waals surface area contributed by atoms with E-state index in [9.17, 15) is 14.0 Å². The van der Waals surface area contributed by atoms with Crippen LogP contribution >= 0.6 is 0 Å². The highest BCUT2D eigenvalue weighted by atomic mass is 19.1. The first-order chi connectivity index (χ1) is 10.6. The Morgan fingerprint density at radius 3 is 3.00 bits per heavy atom. The number of fused-ring (bicyclic) bond motifs is 1. The van der Waals surface area contributed by atoms with Crippen molar-refractivity contribution in [1.29, 1.82) is 0 Å². The quantitative estimate of drug-likeness (QED) is 0.921. The molecular weight excluding hydrogens is 285 g/mol. The molecule has 114 valence electrons. The Hall–Kier alpha value is -2.50. The third-order valence-corrected chi connectivity index (χ3v) is 3.82. The van der Waals surface area contributed by atoms with Crippen LogP contribution in [0.4, 0.5) is 4.39 Å². The summed E-state index contributed by atoms with van der Waals surface area (Å²) in [6, 6.07) is 5.95. The van der Waals surface area contributed by atoms with Crippen molar-refractivity contribution in [3.8, 4) is 11.4 Å². The highest BCUT2D eigenvalue weighted by molar-refractivity contribution is 5.76. The van der Waals surface area contributed by atoms with Crippen LogP contribution < -0.4 is 5.56 Å². The van der Waals surface area contributed by atoms with Crippen LogP contribution in [-0.4, -0.2) is 27.3 Å². The standard InChI is InChI=1S/C16H16FN3O2/c1-2-14(21)20-7-6-13-12(9-20)16(22)19-15(18-13)10-4-3-5-11(17)8-10/h3-5,8H,2,6-7,9H2,1H3,(H,18,19,22). The molecule has 1 aliphatic rings. The van der Waals surface area contributed by atoms with Crippen LogP contribution in [0.5, 0.6) is 0 Å². The van der Waals surface area contributed by atoms with Crippen molar-refractivity contribution in [3.63, 3.8) is 0 Å². The van der Waals surface area contributed by atoms with E-state index in [1.165, 1.54) is 12.1 Å². The zero-order valence-corrected chi connectivity index (χ0v) is 12.2. The highest BCUT2D eigenvalue weighted by Crippen LogP contribution is 2.19. The summed E-state index contributed by atoms with van der Waals surface area (Å²) in [5, 5.41) is 0. The van der Waals surface area contributed by atoms with Gasteiger partial charge in [0.05, 0.1) is 17.8 Å². The van der Waals surface area contributed by atoms with E-state index in [-0.39, 0.29) is 23.8 Å². The maximum atomic E-state index is 13.3. The number of benzene rings is 1. The summed E-state index contributed by atoms with van der Waals surface area (Å²) < 4.78 is 13.3. The number of amides is 1. The van der Waals surface area contributed by atoms with E-state index in [1.807, 2.05) is 0 Å². The molecule has 2 heterocycles. The molecule has 1 N–H and O–H groups in total. The molecule has 22 heavy (non-hydrogen) atoms. The zero-order chi connectivity index (χ0) is 15.7. The van der Waals surface area contributed by atoms with Gasteiger partial charge in [-0.2, -0.15) is 0 Å². The molecule has 2 aromatic rings. The highest BCUT2D eigenvalue weighted by Gasteiger charge is 2.23. The number of halogens is 1. The Balaban J connectivity index is 1.99. The first-order valence-electron chi connectivity index (χ1n) is 7.24. The SMILES string of the molecule is CCC(=O)N1CCc2nc(-c3cccc(F)c3)[nH]c(=O)c2C1. The van der Waals surface area contributed by atoms with Crippen molar-refractivity contribution in [1.82, 2.24) is 14.9 Å². The van der Waals surface area contributed by atoms with Crippen LogP contribution in [0.2, 0.25) is 0 Å². The Kier molecular flexibility index (Phi) is 3.75. The van der Waals surface area contributed by atoms with Gasteiger partial charge in [-0.15, -0.1) is 0 Å². The molecule has 0 fully saturated rings. The molecule has 1 aromatic heterocycles. The first-order valence-corrected chi connectivity index (χ1v) is 7.24. The molecular formula is C16H16FN3O2. The summed E-state index contributed by atoms with van der Waals surface area (Å²) in [5.74, 6) is 0.00959. The first kappa shape index (κ1) is 14.4. The van der Waals surface area contributed by atoms with Gasteiger partial charge in [0.2, 0.25) is 5.91 Å². The monoisotopic (exact) mass is 301 g/mol. The number of hydrogen-bond donors (Lipinski definition) is 1. The molecule has 0 saturated carbocycles. The van der Waals surface area contributed by atoms with Gasteiger partial charge >= 0.3 is 0 Å². The zero-order valence-electron chi connectivity index (χ0n) is 12.2. The molecule has 0 unspecified atom stereocenters. The molecule has 1 amide bonds. The van der Waals surface area contributed by atoms with E-state index >= 15 is 0 Å². The summed E-state index contributed by atoms with van der Waals surface area (Å²) in [5.41, 5.74) is 1.47. The van der Waals surface area contributed by atoms with E-state index in [1.54, 1.807) is 24.0 Å². The fourth-order valence-corrected chi connectivity index (χ4v) is 2.63. The molecule has 6 heteroatoms. The number of rotatable bonds is 2. The molecule has 0 spiro atoms. The number of aromatic nitrogens is 2. The fraction of sp³-hybridized carbons (Fsp3) is 0.312. The third-order valence-electron chi connectivity index (χ3n) is 3.82. The second-order valence-corrected chi connectivity index (χ2v) is 5.27. The Bertz CT molecular complexity index is 785. The minimum Gasteiger partial charge on any atom is -0.338 e. The second kappa shape index (κ2) is 5.71. The molecule has 5 nitrogen and oxygen atoms in total. The number of nitrogens with one attached hydrogen (secondary N) is 1. The lowest BCUT2D eigenvalue weighted by Gasteiger charge is -2.27. The molecule has 0 bridgehead atoms. The number of carbonyl (C=O) groups is 1. The van der Waals surface area contributed by atoms with E-state index in [0.29, 0.717) is 42.0 Å². The van der Waals surface area contributed by atoms with E-state index in [4.69, 9.17) is 0 Å². The lowest BCUT2D eigenvalue weighted by Crippen LogP contribution is -2.39. The lowest BCUT2D eigenvalue weighted by molar-refractivity contribution is -0.131. The Morgan fingerprint density at radius 2 is 2.27 bits per heavy atom. The summed E-state index contributed by atoms with van der Waals surface area (Å²) in [7, 11) is 0. The van der Waals surface area contributed by atoms with Crippen molar-refractivity contribution < 1.29 is 9.18 Å². The van der Waals surface area contributed by atoms with Crippen LogP contribution in [0.3, 0.4) is 0 Å². The predicted molar refractivity (Wildman–Crippen MR) is 79.7 cm³/mol. The summed E-state index contributed by atoms with van der Waals surface area (Å²) in [6.07, 6.45) is 0.954. The lowest BCUT2D eigenvalue weighted by atomic mass is 10.1.